The molecule has 1 saturated carbocycles. The van der Waals surface area contributed by atoms with E-state index in [-0.39, 0.29) is 17.8 Å². The van der Waals surface area contributed by atoms with Crippen molar-refractivity contribution in [1.82, 2.24) is 14.8 Å². The van der Waals surface area contributed by atoms with Crippen LogP contribution in [0.15, 0.2) is 72.9 Å². The third-order valence-corrected chi connectivity index (χ3v) is 8.56. The minimum absolute atomic E-state index is 0.0114. The van der Waals surface area contributed by atoms with Gasteiger partial charge in [-0.05, 0) is 94.4 Å². The van der Waals surface area contributed by atoms with Crippen molar-refractivity contribution >= 4 is 40.2 Å². The van der Waals surface area contributed by atoms with Crippen molar-refractivity contribution in [3.05, 3.63) is 78.7 Å². The van der Waals surface area contributed by atoms with Crippen LogP contribution in [-0.2, 0) is 9.59 Å². The van der Waals surface area contributed by atoms with Crippen LogP contribution in [0, 0.1) is 11.2 Å². The molecule has 1 aliphatic carbocycles. The molecule has 1 aliphatic heterocycles. The number of anilines is 2. The van der Waals surface area contributed by atoms with Gasteiger partial charge in [0, 0.05) is 54.2 Å². The average molecular weight is 642 g/mol. The zero-order valence-electron chi connectivity index (χ0n) is 26.6. The molecule has 0 spiro atoms. The van der Waals surface area contributed by atoms with Gasteiger partial charge in [-0.2, -0.15) is 0 Å². The molecule has 2 heterocycles. The third kappa shape index (κ3) is 6.68. The lowest BCUT2D eigenvalue weighted by molar-refractivity contribution is -0.131. The molecule has 1 aromatic heterocycles. The number of benzene rings is 3. The van der Waals surface area contributed by atoms with Crippen LogP contribution in [0.4, 0.5) is 20.6 Å². The van der Waals surface area contributed by atoms with Gasteiger partial charge >= 0.3 is 6.09 Å². The Morgan fingerprint density at radius 3 is 2.02 bits per heavy atom. The second kappa shape index (κ2) is 12.9. The summed E-state index contributed by atoms with van der Waals surface area (Å²) < 4.78 is 30.8. The summed E-state index contributed by atoms with van der Waals surface area (Å²) in [6.45, 7) is 5.50. The molecule has 11 nitrogen and oxygen atoms in total. The van der Waals surface area contributed by atoms with Gasteiger partial charge in [-0.15, -0.1) is 0 Å². The Labute approximate surface area is 271 Å². The van der Waals surface area contributed by atoms with Gasteiger partial charge in [0.2, 0.25) is 11.8 Å². The number of halogens is 1. The second-order valence-corrected chi connectivity index (χ2v) is 12.1. The van der Waals surface area contributed by atoms with Crippen LogP contribution < -0.4 is 24.8 Å². The van der Waals surface area contributed by atoms with Crippen LogP contribution in [0.3, 0.4) is 0 Å². The number of hydrogen-bond donors (Lipinski definition) is 2. The van der Waals surface area contributed by atoms with Crippen LogP contribution >= 0.6 is 0 Å². The third-order valence-electron chi connectivity index (χ3n) is 8.56. The lowest BCUT2D eigenvalue weighted by atomic mass is 10.0. The normalized spacial score (nSPS) is 18.7. The van der Waals surface area contributed by atoms with Crippen molar-refractivity contribution < 1.29 is 33.0 Å². The molecule has 1 saturated heterocycles. The summed E-state index contributed by atoms with van der Waals surface area (Å²) >= 11 is 0. The molecule has 6 rings (SSSR count). The number of likely N-dealkylation sites (N-methyl/N-ethyl adjacent to an activating group) is 1. The molecule has 47 heavy (non-hydrogen) atoms. The first-order valence-corrected chi connectivity index (χ1v) is 15.4. The summed E-state index contributed by atoms with van der Waals surface area (Å²) in [5.74, 6) is 0.358. The molecule has 4 aromatic rings. The number of ether oxygens (including phenoxy) is 3. The summed E-state index contributed by atoms with van der Waals surface area (Å²) in [5, 5.41) is 6.17. The first-order chi connectivity index (χ1) is 22.6. The van der Waals surface area contributed by atoms with Crippen molar-refractivity contribution in [3.63, 3.8) is 0 Å². The Kier molecular flexibility index (Phi) is 8.69. The lowest BCUT2D eigenvalue weighted by Gasteiger charge is -2.42. The largest absolute Gasteiger partial charge is 0.493 e. The quantitative estimate of drug-likeness (QED) is 0.223. The fraction of sp³-hybridized carbons (Fsp3) is 0.314. The minimum atomic E-state index is -1.17. The molecule has 2 fully saturated rings. The zero-order valence-corrected chi connectivity index (χ0v) is 26.6. The van der Waals surface area contributed by atoms with E-state index in [1.807, 2.05) is 20.9 Å². The number of hydrogen-bond acceptors (Lipinski definition) is 8. The van der Waals surface area contributed by atoms with Crippen molar-refractivity contribution in [3.8, 4) is 23.0 Å². The van der Waals surface area contributed by atoms with Crippen molar-refractivity contribution in [1.29, 1.82) is 0 Å². The summed E-state index contributed by atoms with van der Waals surface area (Å²) in [4.78, 5) is 47.5. The summed E-state index contributed by atoms with van der Waals surface area (Å²) in [6, 6.07) is 17.2. The zero-order chi connectivity index (χ0) is 33.3. The van der Waals surface area contributed by atoms with Crippen molar-refractivity contribution in [2.75, 3.05) is 37.9 Å². The Bertz CT molecular complexity index is 1800. The Hall–Kier alpha value is -5.23. The van der Waals surface area contributed by atoms with Crippen LogP contribution in [0.25, 0.3) is 10.9 Å². The van der Waals surface area contributed by atoms with Gasteiger partial charge in [-0.1, -0.05) is 0 Å². The standard InChI is InChI=1S/C35H36FN5O6/c1-21-19-40(3)20-22(2)41(21)34(44)47-31-18-28-27(17-30(31)45-4)29(13-16-37-28)46-26-11-9-25(10-12-26)39-33(43)35(14-15-35)32(42)38-24-7-5-23(36)6-8-24/h5-13,16-18,21-22H,14-15,19-20H2,1-4H3,(H,38,42)(H,39,43)/t21-,22+. The highest BCUT2D eigenvalue weighted by Crippen LogP contribution is 2.47. The van der Waals surface area contributed by atoms with Gasteiger partial charge in [-0.3, -0.25) is 19.5 Å². The minimum Gasteiger partial charge on any atom is -0.493 e. The number of piperazine rings is 1. The van der Waals surface area contributed by atoms with E-state index in [4.69, 9.17) is 14.2 Å². The first kappa shape index (κ1) is 31.7. The van der Waals surface area contributed by atoms with Crippen LogP contribution in [0.1, 0.15) is 26.7 Å². The molecule has 3 aromatic carbocycles. The fourth-order valence-corrected chi connectivity index (χ4v) is 6.00. The highest BCUT2D eigenvalue weighted by atomic mass is 19.1. The highest BCUT2D eigenvalue weighted by molar-refractivity contribution is 6.16. The lowest BCUT2D eigenvalue weighted by Crippen LogP contribution is -2.58. The molecule has 12 heteroatoms. The fourth-order valence-electron chi connectivity index (χ4n) is 6.00. The van der Waals surface area contributed by atoms with E-state index in [0.29, 0.717) is 52.4 Å². The molecule has 244 valence electrons. The maximum absolute atomic E-state index is 13.2. The topological polar surface area (TPSA) is 122 Å². The maximum atomic E-state index is 13.2. The number of fused-ring (bicyclic) bond motifs is 1. The summed E-state index contributed by atoms with van der Waals surface area (Å²) in [6.07, 6.45) is 1.99. The Balaban J connectivity index is 1.13. The van der Waals surface area contributed by atoms with E-state index >= 15 is 0 Å². The average Bonchev–Trinajstić information content (AvgIpc) is 3.85. The number of amides is 3. The van der Waals surface area contributed by atoms with E-state index in [2.05, 4.69) is 20.5 Å². The molecule has 0 bridgehead atoms. The molecular formula is C35H36FN5O6. The van der Waals surface area contributed by atoms with E-state index in [9.17, 15) is 18.8 Å². The molecule has 3 amide bonds. The number of aromatic nitrogens is 1. The predicted molar refractivity (Wildman–Crippen MR) is 174 cm³/mol. The number of nitrogens with zero attached hydrogens (tertiary/aromatic N) is 3. The SMILES string of the molecule is COc1cc2c(Oc3ccc(NC(=O)C4(C(=O)Nc5ccc(F)cc5)CC4)cc3)ccnc2cc1OC(=O)N1[C@H](C)CN(C)C[C@@H]1C. The number of methoxy groups -OCH3 is 1. The molecule has 2 N–H and O–H groups in total. The van der Waals surface area contributed by atoms with Gasteiger partial charge in [0.05, 0.1) is 12.6 Å². The van der Waals surface area contributed by atoms with Crippen LogP contribution in [0.5, 0.6) is 23.0 Å². The monoisotopic (exact) mass is 641 g/mol. The second-order valence-electron chi connectivity index (χ2n) is 12.1. The molecular weight excluding hydrogens is 605 g/mol. The number of nitrogens with one attached hydrogen (secondary N) is 2. The van der Waals surface area contributed by atoms with Crippen LogP contribution in [0.2, 0.25) is 0 Å². The van der Waals surface area contributed by atoms with E-state index < -0.39 is 29.1 Å². The van der Waals surface area contributed by atoms with Gasteiger partial charge < -0.3 is 29.7 Å². The van der Waals surface area contributed by atoms with E-state index in [1.54, 1.807) is 53.6 Å². The van der Waals surface area contributed by atoms with Crippen molar-refractivity contribution in [2.24, 2.45) is 5.41 Å². The van der Waals surface area contributed by atoms with Gasteiger partial charge in [0.15, 0.2) is 11.5 Å². The number of carbonyl (C=O) groups is 3. The highest BCUT2D eigenvalue weighted by Gasteiger charge is 2.56. The summed E-state index contributed by atoms with van der Waals surface area (Å²) in [5.41, 5.74) is 0.292. The molecule has 0 radical (unpaired) electrons. The van der Waals surface area contributed by atoms with Gasteiger partial charge in [0.25, 0.3) is 0 Å². The smallest absolute Gasteiger partial charge is 0.415 e. The number of rotatable bonds is 8. The molecule has 2 aliphatic rings. The maximum Gasteiger partial charge on any atom is 0.415 e. The van der Waals surface area contributed by atoms with Crippen molar-refractivity contribution in [2.45, 2.75) is 38.8 Å². The van der Waals surface area contributed by atoms with E-state index in [1.165, 1.54) is 31.4 Å². The number of pyridine rings is 1. The first-order valence-electron chi connectivity index (χ1n) is 15.4. The molecule has 2 atom stereocenters. The Morgan fingerprint density at radius 2 is 1.45 bits per heavy atom. The van der Waals surface area contributed by atoms with E-state index in [0.717, 1.165) is 13.1 Å². The summed E-state index contributed by atoms with van der Waals surface area (Å²) in [7, 11) is 3.53. The Morgan fingerprint density at radius 1 is 0.851 bits per heavy atom. The van der Waals surface area contributed by atoms with Crippen LogP contribution in [-0.4, -0.2) is 72.0 Å². The van der Waals surface area contributed by atoms with Gasteiger partial charge in [-0.25, -0.2) is 9.18 Å². The molecule has 0 unspecified atom stereocenters. The number of carbonyl (C=O) groups excluding carboxylic acids is 3. The van der Waals surface area contributed by atoms with Gasteiger partial charge in [0.1, 0.15) is 22.7 Å². The predicted octanol–water partition coefficient (Wildman–Crippen LogP) is 6.06.